The first-order valence-electron chi connectivity index (χ1n) is 9.21. The van der Waals surface area contributed by atoms with Crippen LogP contribution in [0.15, 0.2) is 18.2 Å². The van der Waals surface area contributed by atoms with Gasteiger partial charge in [-0.05, 0) is 43.7 Å². The first-order chi connectivity index (χ1) is 11.6. The maximum absolute atomic E-state index is 12.7. The second-order valence-electron chi connectivity index (χ2n) is 7.11. The minimum Gasteiger partial charge on any atom is -0.337 e. The Hall–Kier alpha value is -1.91. The highest BCUT2D eigenvalue weighted by atomic mass is 16.2. The molecule has 0 bridgehead atoms. The maximum Gasteiger partial charge on any atom is 0.272 e. The van der Waals surface area contributed by atoms with Gasteiger partial charge in [-0.15, -0.1) is 0 Å². The van der Waals surface area contributed by atoms with E-state index >= 15 is 0 Å². The molecule has 0 aromatic carbocycles. The van der Waals surface area contributed by atoms with Gasteiger partial charge in [0.25, 0.3) is 11.8 Å². The smallest absolute Gasteiger partial charge is 0.272 e. The van der Waals surface area contributed by atoms with Gasteiger partial charge in [-0.25, -0.2) is 4.98 Å². The number of pyridine rings is 1. The van der Waals surface area contributed by atoms with Crippen LogP contribution in [0.1, 0.15) is 66.4 Å². The average molecular weight is 329 g/mol. The van der Waals surface area contributed by atoms with Gasteiger partial charge in [0.05, 0.1) is 0 Å². The first kappa shape index (κ1) is 16.9. The second kappa shape index (κ2) is 7.77. The summed E-state index contributed by atoms with van der Waals surface area (Å²) in [5.74, 6) is 0.440. The van der Waals surface area contributed by atoms with Crippen molar-refractivity contribution in [3.05, 3.63) is 29.6 Å². The number of nitrogens with zero attached hydrogens (tertiary/aromatic N) is 3. The number of hydrogen-bond donors (Lipinski definition) is 0. The molecule has 0 N–H and O–H groups in total. The van der Waals surface area contributed by atoms with Crippen molar-refractivity contribution in [3.8, 4) is 0 Å². The molecule has 1 atom stereocenters. The summed E-state index contributed by atoms with van der Waals surface area (Å²) in [6.45, 7) is 5.33. The van der Waals surface area contributed by atoms with Crippen molar-refractivity contribution in [2.24, 2.45) is 5.92 Å². The van der Waals surface area contributed by atoms with Gasteiger partial charge >= 0.3 is 0 Å². The van der Waals surface area contributed by atoms with Crippen molar-refractivity contribution in [2.75, 3.05) is 26.2 Å². The summed E-state index contributed by atoms with van der Waals surface area (Å²) in [5, 5.41) is 0. The number of amides is 2. The lowest BCUT2D eigenvalue weighted by molar-refractivity contribution is 0.0676. The highest BCUT2D eigenvalue weighted by Crippen LogP contribution is 2.18. The molecule has 0 spiro atoms. The monoisotopic (exact) mass is 329 g/mol. The van der Waals surface area contributed by atoms with Crippen LogP contribution in [-0.4, -0.2) is 52.8 Å². The molecule has 3 heterocycles. The van der Waals surface area contributed by atoms with E-state index in [1.54, 1.807) is 18.2 Å². The van der Waals surface area contributed by atoms with E-state index in [0.717, 1.165) is 45.4 Å². The average Bonchev–Trinajstić information content (AvgIpc) is 2.90. The Kier molecular flexibility index (Phi) is 5.48. The molecule has 1 aromatic rings. The Bertz CT molecular complexity index is 565. The summed E-state index contributed by atoms with van der Waals surface area (Å²) in [5.41, 5.74) is 0.789. The molecule has 0 aliphatic carbocycles. The lowest BCUT2D eigenvalue weighted by atomic mass is 10.00. The van der Waals surface area contributed by atoms with Gasteiger partial charge in [-0.1, -0.05) is 25.8 Å². The van der Waals surface area contributed by atoms with Gasteiger partial charge in [-0.2, -0.15) is 0 Å². The Balaban J connectivity index is 1.73. The number of rotatable bonds is 2. The molecule has 2 aliphatic heterocycles. The van der Waals surface area contributed by atoms with E-state index in [-0.39, 0.29) is 11.8 Å². The van der Waals surface area contributed by atoms with Gasteiger partial charge in [0.2, 0.25) is 0 Å². The zero-order valence-electron chi connectivity index (χ0n) is 14.5. The van der Waals surface area contributed by atoms with Crippen LogP contribution in [0.2, 0.25) is 0 Å². The van der Waals surface area contributed by atoms with Gasteiger partial charge in [-0.3, -0.25) is 9.59 Å². The van der Waals surface area contributed by atoms with Crippen LogP contribution in [0.5, 0.6) is 0 Å². The lowest BCUT2D eigenvalue weighted by Gasteiger charge is -2.30. The number of piperidine rings is 1. The van der Waals surface area contributed by atoms with Crippen LogP contribution in [0.25, 0.3) is 0 Å². The molecule has 0 radical (unpaired) electrons. The molecule has 2 aliphatic rings. The molecule has 130 valence electrons. The Labute approximate surface area is 144 Å². The lowest BCUT2D eigenvalue weighted by Crippen LogP contribution is -2.39. The molecule has 24 heavy (non-hydrogen) atoms. The summed E-state index contributed by atoms with van der Waals surface area (Å²) < 4.78 is 0. The summed E-state index contributed by atoms with van der Waals surface area (Å²) in [7, 11) is 0. The fourth-order valence-electron chi connectivity index (χ4n) is 3.64. The zero-order valence-corrected chi connectivity index (χ0v) is 14.5. The van der Waals surface area contributed by atoms with Crippen molar-refractivity contribution in [3.63, 3.8) is 0 Å². The summed E-state index contributed by atoms with van der Waals surface area (Å²) in [6.07, 6.45) is 6.68. The SMILES string of the molecule is CC1CCCN(C(=O)c2cccc(C(=O)N3CCCCCC3)n2)C1. The van der Waals surface area contributed by atoms with E-state index < -0.39 is 0 Å². The number of aromatic nitrogens is 1. The normalized spacial score (nSPS) is 22.1. The standard InChI is InChI=1S/C19H27N3O2/c1-15-8-7-13-22(14-15)19(24)17-10-6-9-16(20-17)18(23)21-11-4-2-3-5-12-21/h6,9-10,15H,2-5,7-8,11-14H2,1H3. The third-order valence-corrected chi connectivity index (χ3v) is 5.02. The predicted octanol–water partition coefficient (Wildman–Crippen LogP) is 2.97. The van der Waals surface area contributed by atoms with Crippen LogP contribution in [0, 0.1) is 5.92 Å². The molecule has 3 rings (SSSR count). The van der Waals surface area contributed by atoms with Gasteiger partial charge in [0.1, 0.15) is 11.4 Å². The minimum atomic E-state index is -0.0490. The molecule has 0 saturated carbocycles. The molecular formula is C19H27N3O2. The number of carbonyl (C=O) groups is 2. The van der Waals surface area contributed by atoms with Gasteiger partial charge < -0.3 is 9.80 Å². The van der Waals surface area contributed by atoms with E-state index in [2.05, 4.69) is 11.9 Å². The van der Waals surface area contributed by atoms with Crippen LogP contribution in [0.3, 0.4) is 0 Å². The maximum atomic E-state index is 12.7. The van der Waals surface area contributed by atoms with E-state index in [1.165, 1.54) is 19.3 Å². The van der Waals surface area contributed by atoms with Crippen molar-refractivity contribution in [1.82, 2.24) is 14.8 Å². The highest BCUT2D eigenvalue weighted by Gasteiger charge is 2.24. The molecular weight excluding hydrogens is 302 g/mol. The Morgan fingerprint density at radius 1 is 0.917 bits per heavy atom. The summed E-state index contributed by atoms with van der Waals surface area (Å²) in [4.78, 5) is 33.5. The number of carbonyl (C=O) groups excluding carboxylic acids is 2. The number of likely N-dealkylation sites (tertiary alicyclic amines) is 2. The molecule has 5 heteroatoms. The molecule has 1 aromatic heterocycles. The largest absolute Gasteiger partial charge is 0.337 e. The van der Waals surface area contributed by atoms with E-state index in [1.807, 2.05) is 9.80 Å². The van der Waals surface area contributed by atoms with Gasteiger partial charge in [0, 0.05) is 26.2 Å². The van der Waals surface area contributed by atoms with Crippen LogP contribution in [-0.2, 0) is 0 Å². The van der Waals surface area contributed by atoms with Crippen molar-refractivity contribution in [2.45, 2.75) is 45.4 Å². The molecule has 1 unspecified atom stereocenters. The first-order valence-corrected chi connectivity index (χ1v) is 9.21. The Morgan fingerprint density at radius 3 is 2.12 bits per heavy atom. The third-order valence-electron chi connectivity index (χ3n) is 5.02. The van der Waals surface area contributed by atoms with E-state index in [0.29, 0.717) is 17.3 Å². The fraction of sp³-hybridized carbons (Fsp3) is 0.632. The van der Waals surface area contributed by atoms with Crippen molar-refractivity contribution in [1.29, 1.82) is 0 Å². The van der Waals surface area contributed by atoms with Gasteiger partial charge in [0.15, 0.2) is 0 Å². The Morgan fingerprint density at radius 2 is 1.50 bits per heavy atom. The molecule has 2 saturated heterocycles. The molecule has 2 fully saturated rings. The summed E-state index contributed by atoms with van der Waals surface area (Å²) in [6, 6.07) is 5.22. The second-order valence-corrected chi connectivity index (χ2v) is 7.11. The quantitative estimate of drug-likeness (QED) is 0.838. The fourth-order valence-corrected chi connectivity index (χ4v) is 3.64. The van der Waals surface area contributed by atoms with Crippen molar-refractivity contribution >= 4 is 11.8 Å². The topological polar surface area (TPSA) is 53.5 Å². The van der Waals surface area contributed by atoms with Crippen LogP contribution >= 0.6 is 0 Å². The third kappa shape index (κ3) is 3.94. The minimum absolute atomic E-state index is 0.0430. The van der Waals surface area contributed by atoms with Crippen LogP contribution in [0.4, 0.5) is 0 Å². The molecule has 5 nitrogen and oxygen atoms in total. The van der Waals surface area contributed by atoms with Crippen molar-refractivity contribution < 1.29 is 9.59 Å². The van der Waals surface area contributed by atoms with E-state index in [9.17, 15) is 9.59 Å². The predicted molar refractivity (Wildman–Crippen MR) is 92.9 cm³/mol. The highest BCUT2D eigenvalue weighted by molar-refractivity contribution is 5.96. The van der Waals surface area contributed by atoms with E-state index in [4.69, 9.17) is 0 Å². The summed E-state index contributed by atoms with van der Waals surface area (Å²) >= 11 is 0. The number of hydrogen-bond acceptors (Lipinski definition) is 3. The zero-order chi connectivity index (χ0) is 16.9. The van der Waals surface area contributed by atoms with Crippen LogP contribution < -0.4 is 0 Å². The molecule has 2 amide bonds.